The summed E-state index contributed by atoms with van der Waals surface area (Å²) in [5.74, 6) is 0. The predicted molar refractivity (Wildman–Crippen MR) is 43.7 cm³/mol. The van der Waals surface area contributed by atoms with E-state index in [1.165, 1.54) is 7.11 Å². The molecule has 1 amide bonds. The maximum absolute atomic E-state index is 10.9. The summed E-state index contributed by atoms with van der Waals surface area (Å²) in [4.78, 5) is 10.9. The van der Waals surface area contributed by atoms with E-state index in [-0.39, 0.29) is 17.2 Å². The van der Waals surface area contributed by atoms with Crippen LogP contribution in [0.2, 0.25) is 0 Å². The summed E-state index contributed by atoms with van der Waals surface area (Å²) in [5.41, 5.74) is 5.94. The van der Waals surface area contributed by atoms with Crippen molar-refractivity contribution in [2.45, 2.75) is 36.8 Å². The van der Waals surface area contributed by atoms with Crippen molar-refractivity contribution in [3.05, 3.63) is 0 Å². The lowest BCUT2D eigenvalue weighted by Gasteiger charge is -2.44. The molecule has 0 spiro atoms. The van der Waals surface area contributed by atoms with E-state index in [9.17, 15) is 4.79 Å². The van der Waals surface area contributed by atoms with Crippen LogP contribution >= 0.6 is 0 Å². The van der Waals surface area contributed by atoms with Crippen LogP contribution in [0.15, 0.2) is 0 Å². The summed E-state index contributed by atoms with van der Waals surface area (Å²) in [5, 5.41) is 2.85. The summed E-state index contributed by atoms with van der Waals surface area (Å²) in [6, 6.07) is 0. The van der Waals surface area contributed by atoms with E-state index < -0.39 is 0 Å². The minimum atomic E-state index is -0.334. The molecule has 2 bridgehead atoms. The molecule has 0 aromatic carbocycles. The number of methoxy groups -OCH3 is 1. The third-order valence-corrected chi connectivity index (χ3v) is 3.03. The van der Waals surface area contributed by atoms with Crippen molar-refractivity contribution in [3.63, 3.8) is 0 Å². The summed E-state index contributed by atoms with van der Waals surface area (Å²) < 4.78 is 4.54. The molecule has 3 saturated carbocycles. The molecule has 0 aromatic heterocycles. The molecule has 0 aliphatic heterocycles. The zero-order chi connectivity index (χ0) is 8.82. The van der Waals surface area contributed by atoms with E-state index in [1.807, 2.05) is 0 Å². The molecule has 0 saturated heterocycles. The fourth-order valence-corrected chi connectivity index (χ4v) is 2.56. The van der Waals surface area contributed by atoms with Gasteiger partial charge < -0.3 is 15.8 Å². The van der Waals surface area contributed by atoms with Crippen molar-refractivity contribution in [2.24, 2.45) is 5.73 Å². The third-order valence-electron chi connectivity index (χ3n) is 3.03. The highest BCUT2D eigenvalue weighted by molar-refractivity contribution is 5.68. The highest BCUT2D eigenvalue weighted by atomic mass is 16.5. The van der Waals surface area contributed by atoms with Gasteiger partial charge in [-0.05, 0) is 25.7 Å². The fraction of sp³-hybridized carbons (Fsp3) is 0.875. The van der Waals surface area contributed by atoms with E-state index in [2.05, 4.69) is 10.1 Å². The smallest absolute Gasteiger partial charge is 0.407 e. The molecule has 3 N–H and O–H groups in total. The number of nitrogens with one attached hydrogen (secondary N) is 1. The molecule has 3 aliphatic rings. The first-order chi connectivity index (χ1) is 5.58. The van der Waals surface area contributed by atoms with E-state index in [0.717, 1.165) is 25.7 Å². The molecule has 4 heteroatoms. The third kappa shape index (κ3) is 0.982. The Morgan fingerprint density at radius 3 is 2.58 bits per heavy atom. The molecular formula is C8H14N2O2. The van der Waals surface area contributed by atoms with Gasteiger partial charge in [0.2, 0.25) is 0 Å². The number of rotatable bonds is 1. The number of amides is 1. The number of hydrogen-bond acceptors (Lipinski definition) is 3. The predicted octanol–water partition coefficient (Wildman–Crippen LogP) is 0.366. The van der Waals surface area contributed by atoms with E-state index in [1.54, 1.807) is 0 Å². The Morgan fingerprint density at radius 1 is 1.50 bits per heavy atom. The average Bonchev–Trinajstić information content (AvgIpc) is 2.41. The molecule has 0 unspecified atom stereocenters. The summed E-state index contributed by atoms with van der Waals surface area (Å²) in [6.45, 7) is 0. The maximum atomic E-state index is 10.9. The molecular weight excluding hydrogens is 156 g/mol. The van der Waals surface area contributed by atoms with Crippen molar-refractivity contribution < 1.29 is 9.53 Å². The first-order valence-electron chi connectivity index (χ1n) is 4.23. The lowest BCUT2D eigenvalue weighted by atomic mass is 9.72. The fourth-order valence-electron chi connectivity index (χ4n) is 2.56. The highest BCUT2D eigenvalue weighted by Crippen LogP contribution is 2.53. The number of carbonyl (C=O) groups excluding carboxylic acids is 1. The lowest BCUT2D eigenvalue weighted by molar-refractivity contribution is 0.122. The van der Waals surface area contributed by atoms with Gasteiger partial charge >= 0.3 is 6.09 Å². The molecule has 0 heterocycles. The zero-order valence-corrected chi connectivity index (χ0v) is 7.22. The molecule has 0 aromatic rings. The van der Waals surface area contributed by atoms with Crippen LogP contribution in [0.3, 0.4) is 0 Å². The Hall–Kier alpha value is -0.770. The van der Waals surface area contributed by atoms with Gasteiger partial charge in [0.1, 0.15) is 0 Å². The Kier molecular flexibility index (Phi) is 1.39. The molecule has 3 aliphatic carbocycles. The highest BCUT2D eigenvalue weighted by Gasteiger charge is 2.59. The Labute approximate surface area is 71.4 Å². The van der Waals surface area contributed by atoms with Crippen molar-refractivity contribution in [1.29, 1.82) is 0 Å². The number of hydrogen-bond donors (Lipinski definition) is 2. The Bertz CT molecular complexity index is 221. The van der Waals surface area contributed by atoms with Gasteiger partial charge in [0.15, 0.2) is 0 Å². The standard InChI is InChI=1S/C8H14N2O2/c1-12-6(11)10-8-3-2-7(9,4-8)5-8/h2-5,9H2,1H3,(H,10,11). The van der Waals surface area contributed by atoms with Crippen molar-refractivity contribution in [1.82, 2.24) is 5.32 Å². The lowest BCUT2D eigenvalue weighted by Crippen LogP contribution is -2.61. The van der Waals surface area contributed by atoms with Gasteiger partial charge in [0.05, 0.1) is 7.11 Å². The largest absolute Gasteiger partial charge is 0.453 e. The second-order valence-electron chi connectivity index (χ2n) is 4.11. The first kappa shape index (κ1) is 7.86. The minimum Gasteiger partial charge on any atom is -0.453 e. The van der Waals surface area contributed by atoms with Crippen LogP contribution in [0.25, 0.3) is 0 Å². The zero-order valence-electron chi connectivity index (χ0n) is 7.22. The average molecular weight is 170 g/mol. The van der Waals surface area contributed by atoms with Gasteiger partial charge in [0.25, 0.3) is 0 Å². The Balaban J connectivity index is 1.95. The van der Waals surface area contributed by atoms with Crippen LogP contribution in [-0.4, -0.2) is 24.3 Å². The SMILES string of the molecule is COC(=O)NC12CCC(N)(C1)C2. The van der Waals surface area contributed by atoms with Gasteiger partial charge in [-0.1, -0.05) is 0 Å². The summed E-state index contributed by atoms with van der Waals surface area (Å²) >= 11 is 0. The van der Waals surface area contributed by atoms with Gasteiger partial charge in [-0.25, -0.2) is 4.79 Å². The molecule has 12 heavy (non-hydrogen) atoms. The van der Waals surface area contributed by atoms with Crippen LogP contribution in [0.5, 0.6) is 0 Å². The summed E-state index contributed by atoms with van der Waals surface area (Å²) in [7, 11) is 1.38. The van der Waals surface area contributed by atoms with Gasteiger partial charge in [-0.2, -0.15) is 0 Å². The van der Waals surface area contributed by atoms with E-state index in [0.29, 0.717) is 0 Å². The van der Waals surface area contributed by atoms with Crippen LogP contribution in [-0.2, 0) is 4.74 Å². The Morgan fingerprint density at radius 2 is 2.17 bits per heavy atom. The van der Waals surface area contributed by atoms with Crippen molar-refractivity contribution >= 4 is 6.09 Å². The van der Waals surface area contributed by atoms with E-state index in [4.69, 9.17) is 5.73 Å². The quantitative estimate of drug-likeness (QED) is 0.597. The number of nitrogens with two attached hydrogens (primary N) is 1. The number of carbonyl (C=O) groups is 1. The number of alkyl carbamates (subject to hydrolysis) is 1. The normalized spacial score (nSPS) is 43.5. The van der Waals surface area contributed by atoms with Gasteiger partial charge in [-0.15, -0.1) is 0 Å². The van der Waals surface area contributed by atoms with Crippen LogP contribution in [0.4, 0.5) is 4.79 Å². The van der Waals surface area contributed by atoms with Gasteiger partial charge in [-0.3, -0.25) is 0 Å². The molecule has 68 valence electrons. The van der Waals surface area contributed by atoms with Gasteiger partial charge in [0, 0.05) is 11.1 Å². The van der Waals surface area contributed by atoms with Crippen molar-refractivity contribution in [2.75, 3.05) is 7.11 Å². The topological polar surface area (TPSA) is 64.3 Å². The minimum absolute atomic E-state index is 0.0149. The molecule has 3 fully saturated rings. The molecule has 3 rings (SSSR count). The first-order valence-corrected chi connectivity index (χ1v) is 4.23. The number of fused-ring (bicyclic) bond motifs is 1. The monoisotopic (exact) mass is 170 g/mol. The van der Waals surface area contributed by atoms with E-state index >= 15 is 0 Å². The number of ether oxygens (including phenoxy) is 1. The maximum Gasteiger partial charge on any atom is 0.407 e. The van der Waals surface area contributed by atoms with Crippen molar-refractivity contribution in [3.8, 4) is 0 Å². The molecule has 0 radical (unpaired) electrons. The van der Waals surface area contributed by atoms with Crippen LogP contribution < -0.4 is 11.1 Å². The molecule has 4 nitrogen and oxygen atoms in total. The molecule has 0 atom stereocenters. The van der Waals surface area contributed by atoms with Crippen LogP contribution in [0, 0.1) is 0 Å². The second kappa shape index (κ2) is 2.13. The second-order valence-corrected chi connectivity index (χ2v) is 4.11. The van der Waals surface area contributed by atoms with Crippen LogP contribution in [0.1, 0.15) is 25.7 Å². The summed E-state index contributed by atoms with van der Waals surface area (Å²) in [6.07, 6.45) is 3.51.